The highest BCUT2D eigenvalue weighted by molar-refractivity contribution is 4.73. The van der Waals surface area contributed by atoms with Gasteiger partial charge >= 0.3 is 0 Å². The van der Waals surface area contributed by atoms with Crippen LogP contribution in [0.25, 0.3) is 0 Å². The predicted octanol–water partition coefficient (Wildman–Crippen LogP) is 2.37. The van der Waals surface area contributed by atoms with Gasteiger partial charge in [0.25, 0.3) is 0 Å². The van der Waals surface area contributed by atoms with E-state index < -0.39 is 6.23 Å². The largest absolute Gasteiger partial charge is 0.303 e. The average Bonchev–Trinajstić information content (AvgIpc) is 2.18. The summed E-state index contributed by atoms with van der Waals surface area (Å²) in [7, 11) is 0. The molecule has 0 spiro atoms. The Bertz CT molecular complexity index is 139. The van der Waals surface area contributed by atoms with Crippen molar-refractivity contribution in [1.29, 1.82) is 0 Å². The molecule has 0 aromatic heterocycles. The number of rotatable bonds is 4. The van der Waals surface area contributed by atoms with Crippen LogP contribution in [-0.4, -0.2) is 11.5 Å². The molecule has 1 rings (SSSR count). The van der Waals surface area contributed by atoms with E-state index in [-0.39, 0.29) is 0 Å². The maximum Gasteiger partial charge on any atom is 0.141 e. The van der Waals surface area contributed by atoms with Crippen LogP contribution in [0.2, 0.25) is 0 Å². The van der Waals surface area contributed by atoms with E-state index >= 15 is 0 Å². The molecule has 0 heterocycles. The Kier molecular flexibility index (Phi) is 4.70. The predicted molar refractivity (Wildman–Crippen MR) is 52.0 cm³/mol. The van der Waals surface area contributed by atoms with Crippen molar-refractivity contribution in [1.82, 2.24) is 0 Å². The van der Waals surface area contributed by atoms with E-state index in [1.807, 2.05) is 0 Å². The highest BCUT2D eigenvalue weighted by Crippen LogP contribution is 2.33. The van der Waals surface area contributed by atoms with Crippen LogP contribution >= 0.6 is 0 Å². The van der Waals surface area contributed by atoms with E-state index in [0.29, 0.717) is 5.92 Å². The normalized spacial score (nSPS) is 31.6. The van der Waals surface area contributed by atoms with Crippen LogP contribution in [0.3, 0.4) is 0 Å². The molecule has 0 aliphatic heterocycles. The molecule has 1 fully saturated rings. The molecule has 3 heteroatoms. The zero-order valence-electron chi connectivity index (χ0n) is 8.41. The van der Waals surface area contributed by atoms with Crippen molar-refractivity contribution in [2.45, 2.75) is 51.7 Å². The summed E-state index contributed by atoms with van der Waals surface area (Å²) in [5, 5.41) is 8.36. The van der Waals surface area contributed by atoms with E-state index in [4.69, 9.17) is 11.0 Å². The third-order valence-electron chi connectivity index (χ3n) is 3.17. The molecule has 3 atom stereocenters. The zero-order valence-corrected chi connectivity index (χ0v) is 8.41. The van der Waals surface area contributed by atoms with E-state index in [9.17, 15) is 0 Å². The molecule has 2 unspecified atom stereocenters. The lowest BCUT2D eigenvalue weighted by Gasteiger charge is -2.29. The topological polar surface area (TPSA) is 55.5 Å². The second-order valence-electron chi connectivity index (χ2n) is 4.19. The zero-order chi connectivity index (χ0) is 9.68. The molecule has 0 amide bonds. The maximum atomic E-state index is 8.36. The van der Waals surface area contributed by atoms with Gasteiger partial charge in [0.2, 0.25) is 0 Å². The fourth-order valence-corrected chi connectivity index (χ4v) is 2.36. The Morgan fingerprint density at radius 3 is 2.77 bits per heavy atom. The molecule has 0 saturated heterocycles. The minimum atomic E-state index is -0.486. The Morgan fingerprint density at radius 2 is 2.15 bits per heavy atom. The summed E-state index contributed by atoms with van der Waals surface area (Å²) in [6.07, 6.45) is 6.75. The fraction of sp³-hybridized carbons (Fsp3) is 1.00. The van der Waals surface area contributed by atoms with E-state index in [0.717, 1.165) is 12.3 Å². The van der Waals surface area contributed by atoms with Gasteiger partial charge in [-0.15, -0.1) is 0 Å². The van der Waals surface area contributed by atoms with Gasteiger partial charge in [-0.3, -0.25) is 5.26 Å². The molecule has 78 valence electrons. The molecular formula is C10H21NO2. The van der Waals surface area contributed by atoms with E-state index in [1.54, 1.807) is 0 Å². The minimum absolute atomic E-state index is 0.486. The lowest BCUT2D eigenvalue weighted by atomic mass is 9.78. The number of hydrogen-bond donors (Lipinski definition) is 2. The van der Waals surface area contributed by atoms with E-state index in [2.05, 4.69) is 11.8 Å². The van der Waals surface area contributed by atoms with Crippen LogP contribution in [0.5, 0.6) is 0 Å². The third-order valence-corrected chi connectivity index (χ3v) is 3.17. The maximum absolute atomic E-state index is 8.36. The van der Waals surface area contributed by atoms with Gasteiger partial charge in [-0.05, 0) is 24.7 Å². The number of nitrogens with two attached hydrogens (primary N) is 1. The summed E-state index contributed by atoms with van der Waals surface area (Å²) < 4.78 is 0. The first-order chi connectivity index (χ1) is 6.26. The first kappa shape index (κ1) is 11.0. The van der Waals surface area contributed by atoms with Gasteiger partial charge in [-0.25, -0.2) is 4.89 Å². The molecule has 3 nitrogen and oxygen atoms in total. The highest BCUT2D eigenvalue weighted by atomic mass is 17.1. The smallest absolute Gasteiger partial charge is 0.141 e. The van der Waals surface area contributed by atoms with Crippen LogP contribution in [0.4, 0.5) is 0 Å². The van der Waals surface area contributed by atoms with Crippen LogP contribution in [0, 0.1) is 11.8 Å². The lowest BCUT2D eigenvalue weighted by Crippen LogP contribution is -2.28. The summed E-state index contributed by atoms with van der Waals surface area (Å²) in [4.78, 5) is 4.10. The standard InChI is InChI=1S/C10H21NO2/c1-2-8-4-3-5-9(6-8)7-10(11)13-12/h8-10,12H,2-7,11H2,1H3/t8?,9?,10-/m1/s1. The van der Waals surface area contributed by atoms with Crippen molar-refractivity contribution in [3.63, 3.8) is 0 Å². The van der Waals surface area contributed by atoms with Gasteiger partial charge < -0.3 is 5.73 Å². The van der Waals surface area contributed by atoms with E-state index in [1.165, 1.54) is 32.1 Å². The van der Waals surface area contributed by atoms with Gasteiger partial charge in [0, 0.05) is 0 Å². The first-order valence-electron chi connectivity index (χ1n) is 5.32. The van der Waals surface area contributed by atoms with Crippen molar-refractivity contribution < 1.29 is 10.1 Å². The SMILES string of the molecule is CCC1CCCC(C[C@H](N)OO)C1. The third kappa shape index (κ3) is 3.63. The summed E-state index contributed by atoms with van der Waals surface area (Å²) in [6, 6.07) is 0. The monoisotopic (exact) mass is 187 g/mol. The molecular weight excluding hydrogens is 166 g/mol. The lowest BCUT2D eigenvalue weighted by molar-refractivity contribution is -0.280. The van der Waals surface area contributed by atoms with Crippen LogP contribution in [0.1, 0.15) is 45.4 Å². The van der Waals surface area contributed by atoms with Crippen molar-refractivity contribution in [2.75, 3.05) is 0 Å². The van der Waals surface area contributed by atoms with Gasteiger partial charge in [0.05, 0.1) is 0 Å². The molecule has 0 bridgehead atoms. The molecule has 1 aliphatic carbocycles. The molecule has 13 heavy (non-hydrogen) atoms. The van der Waals surface area contributed by atoms with Crippen LogP contribution in [-0.2, 0) is 4.89 Å². The summed E-state index contributed by atoms with van der Waals surface area (Å²) >= 11 is 0. The molecule has 3 N–H and O–H groups in total. The van der Waals surface area contributed by atoms with Gasteiger partial charge in [0.15, 0.2) is 0 Å². The summed E-state index contributed by atoms with van der Waals surface area (Å²) in [6.45, 7) is 2.25. The summed E-state index contributed by atoms with van der Waals surface area (Å²) in [5.41, 5.74) is 5.52. The fourth-order valence-electron chi connectivity index (χ4n) is 2.36. The Hall–Kier alpha value is -0.120. The van der Waals surface area contributed by atoms with Gasteiger partial charge in [0.1, 0.15) is 6.23 Å². The molecule has 0 aromatic rings. The molecule has 1 saturated carbocycles. The Labute approximate surface area is 80.2 Å². The summed E-state index contributed by atoms with van der Waals surface area (Å²) in [5.74, 6) is 1.52. The van der Waals surface area contributed by atoms with Gasteiger partial charge in [-0.2, -0.15) is 0 Å². The first-order valence-corrected chi connectivity index (χ1v) is 5.32. The second kappa shape index (κ2) is 5.58. The Morgan fingerprint density at radius 1 is 1.46 bits per heavy atom. The quantitative estimate of drug-likeness (QED) is 0.403. The van der Waals surface area contributed by atoms with Crippen molar-refractivity contribution >= 4 is 0 Å². The molecule has 0 aromatic carbocycles. The van der Waals surface area contributed by atoms with Crippen molar-refractivity contribution in [3.8, 4) is 0 Å². The average molecular weight is 187 g/mol. The minimum Gasteiger partial charge on any atom is -0.303 e. The van der Waals surface area contributed by atoms with Crippen molar-refractivity contribution in [3.05, 3.63) is 0 Å². The van der Waals surface area contributed by atoms with Crippen LogP contribution in [0.15, 0.2) is 0 Å². The van der Waals surface area contributed by atoms with Gasteiger partial charge in [-0.1, -0.05) is 32.6 Å². The second-order valence-corrected chi connectivity index (χ2v) is 4.19. The molecule has 1 aliphatic rings. The Balaban J connectivity index is 2.25. The number of hydrogen-bond acceptors (Lipinski definition) is 3. The molecule has 0 radical (unpaired) electrons. The van der Waals surface area contributed by atoms with Crippen LogP contribution < -0.4 is 5.73 Å². The van der Waals surface area contributed by atoms with Crippen molar-refractivity contribution in [2.24, 2.45) is 17.6 Å². The highest BCUT2D eigenvalue weighted by Gasteiger charge is 2.22.